The van der Waals surface area contributed by atoms with E-state index in [0.717, 1.165) is 6.42 Å². The van der Waals surface area contributed by atoms with Gasteiger partial charge in [-0.2, -0.15) is 0 Å². The van der Waals surface area contributed by atoms with Crippen LogP contribution in [0.2, 0.25) is 0 Å². The van der Waals surface area contributed by atoms with Crippen LogP contribution in [0.25, 0.3) is 0 Å². The first-order chi connectivity index (χ1) is 6.93. The predicted molar refractivity (Wildman–Crippen MR) is 62.1 cm³/mol. The van der Waals surface area contributed by atoms with Crippen LogP contribution in [0.4, 0.5) is 0 Å². The minimum Gasteiger partial charge on any atom is -0.393 e. The van der Waals surface area contributed by atoms with Gasteiger partial charge in [-0.25, -0.2) is 0 Å². The molecule has 0 aliphatic carbocycles. The molecule has 0 radical (unpaired) electrons. The summed E-state index contributed by atoms with van der Waals surface area (Å²) in [5, 5.41) is 11.8. The molecule has 0 bridgehead atoms. The van der Waals surface area contributed by atoms with Crippen LogP contribution < -0.4 is 5.32 Å². The molecule has 1 amide bonds. The second-order valence-electron chi connectivity index (χ2n) is 3.84. The molecule has 0 heterocycles. The minimum absolute atomic E-state index is 0.0509. The van der Waals surface area contributed by atoms with Gasteiger partial charge in [-0.3, -0.25) is 9.00 Å². The molecule has 0 aromatic carbocycles. The second-order valence-corrected chi connectivity index (χ2v) is 5.64. The zero-order valence-corrected chi connectivity index (χ0v) is 10.5. The third-order valence-corrected chi connectivity index (χ3v) is 3.60. The van der Waals surface area contributed by atoms with Gasteiger partial charge in [-0.1, -0.05) is 6.92 Å². The van der Waals surface area contributed by atoms with Crippen molar-refractivity contribution in [3.63, 3.8) is 0 Å². The molecule has 0 saturated carbocycles. The molecule has 0 aliphatic heterocycles. The number of aliphatic hydroxyl groups excluding tert-OH is 1. The molecule has 0 fully saturated rings. The molecule has 5 heteroatoms. The van der Waals surface area contributed by atoms with Gasteiger partial charge in [0.05, 0.1) is 6.10 Å². The molecule has 3 atom stereocenters. The average Bonchev–Trinajstić information content (AvgIpc) is 2.14. The second kappa shape index (κ2) is 7.82. The van der Waals surface area contributed by atoms with Gasteiger partial charge in [0.25, 0.3) is 0 Å². The Morgan fingerprint density at radius 1 is 1.40 bits per heavy atom. The summed E-state index contributed by atoms with van der Waals surface area (Å²) in [6, 6.07) is 0. The molecule has 0 saturated heterocycles. The third kappa shape index (κ3) is 8.57. The smallest absolute Gasteiger partial charge is 0.220 e. The van der Waals surface area contributed by atoms with Gasteiger partial charge in [0, 0.05) is 35.3 Å². The van der Waals surface area contributed by atoms with Gasteiger partial charge < -0.3 is 10.4 Å². The fraction of sp³-hybridized carbons (Fsp3) is 0.900. The molecule has 0 aromatic rings. The lowest BCUT2D eigenvalue weighted by molar-refractivity contribution is -0.121. The van der Waals surface area contributed by atoms with Crippen LogP contribution in [0.3, 0.4) is 0 Å². The van der Waals surface area contributed by atoms with Gasteiger partial charge in [-0.15, -0.1) is 0 Å². The van der Waals surface area contributed by atoms with Crippen molar-refractivity contribution < 1.29 is 14.1 Å². The molecular weight excluding hydrogens is 214 g/mol. The van der Waals surface area contributed by atoms with Crippen molar-refractivity contribution in [2.24, 2.45) is 0 Å². The van der Waals surface area contributed by atoms with E-state index in [0.29, 0.717) is 19.4 Å². The average molecular weight is 235 g/mol. The molecule has 0 aromatic heterocycles. The van der Waals surface area contributed by atoms with E-state index in [4.69, 9.17) is 5.11 Å². The van der Waals surface area contributed by atoms with Crippen molar-refractivity contribution in [3.05, 3.63) is 0 Å². The molecule has 0 spiro atoms. The lowest BCUT2D eigenvalue weighted by Crippen LogP contribution is -2.27. The summed E-state index contributed by atoms with van der Waals surface area (Å²) >= 11 is 0. The summed E-state index contributed by atoms with van der Waals surface area (Å²) in [5.41, 5.74) is 0. The van der Waals surface area contributed by atoms with E-state index in [9.17, 15) is 9.00 Å². The molecule has 90 valence electrons. The molecule has 4 nitrogen and oxygen atoms in total. The summed E-state index contributed by atoms with van der Waals surface area (Å²) < 4.78 is 11.0. The van der Waals surface area contributed by atoms with Crippen LogP contribution in [0, 0.1) is 0 Å². The predicted octanol–water partition coefficient (Wildman–Crippen LogP) is 0.421. The molecule has 0 aliphatic rings. The summed E-state index contributed by atoms with van der Waals surface area (Å²) in [4.78, 5) is 11.2. The zero-order valence-electron chi connectivity index (χ0n) is 9.66. The van der Waals surface area contributed by atoms with Gasteiger partial charge >= 0.3 is 0 Å². The number of carbonyl (C=O) groups excluding carboxylic acids is 1. The van der Waals surface area contributed by atoms with Crippen molar-refractivity contribution >= 4 is 16.7 Å². The van der Waals surface area contributed by atoms with E-state index in [1.54, 1.807) is 13.2 Å². The first kappa shape index (κ1) is 14.6. The van der Waals surface area contributed by atoms with Gasteiger partial charge in [-0.05, 0) is 19.8 Å². The number of hydrogen-bond donors (Lipinski definition) is 2. The maximum Gasteiger partial charge on any atom is 0.220 e. The van der Waals surface area contributed by atoms with E-state index in [1.165, 1.54) is 0 Å². The van der Waals surface area contributed by atoms with Crippen molar-refractivity contribution in [2.45, 2.75) is 44.5 Å². The van der Waals surface area contributed by atoms with Crippen LogP contribution in [-0.2, 0) is 15.6 Å². The first-order valence-corrected chi connectivity index (χ1v) is 6.82. The number of amides is 1. The van der Waals surface area contributed by atoms with Crippen LogP contribution in [-0.4, -0.2) is 39.4 Å². The molecule has 2 N–H and O–H groups in total. The Balaban J connectivity index is 3.51. The largest absolute Gasteiger partial charge is 0.393 e. The monoisotopic (exact) mass is 235 g/mol. The van der Waals surface area contributed by atoms with Crippen LogP contribution in [0.15, 0.2) is 0 Å². The number of hydrogen-bond acceptors (Lipinski definition) is 3. The number of carbonyl (C=O) groups is 1. The minimum atomic E-state index is -0.827. The zero-order chi connectivity index (χ0) is 11.8. The fourth-order valence-electron chi connectivity index (χ4n) is 1.01. The van der Waals surface area contributed by atoms with E-state index in [-0.39, 0.29) is 11.2 Å². The highest BCUT2D eigenvalue weighted by Crippen LogP contribution is 1.98. The van der Waals surface area contributed by atoms with Crippen molar-refractivity contribution in [1.82, 2.24) is 5.32 Å². The maximum atomic E-state index is 11.2. The highest BCUT2D eigenvalue weighted by molar-refractivity contribution is 7.84. The SMILES string of the molecule is CC(O)CCC(=O)NCCC(C)S(C)=O. The summed E-state index contributed by atoms with van der Waals surface area (Å²) in [7, 11) is -0.827. The first-order valence-electron chi connectivity index (χ1n) is 5.20. The highest BCUT2D eigenvalue weighted by atomic mass is 32.2. The van der Waals surface area contributed by atoms with Gasteiger partial charge in [0.15, 0.2) is 0 Å². The topological polar surface area (TPSA) is 66.4 Å². The van der Waals surface area contributed by atoms with Crippen LogP contribution >= 0.6 is 0 Å². The van der Waals surface area contributed by atoms with Crippen LogP contribution in [0.5, 0.6) is 0 Å². The quantitative estimate of drug-likeness (QED) is 0.672. The Bertz CT molecular complexity index is 219. The molecule has 15 heavy (non-hydrogen) atoms. The molecular formula is C10H21NO3S. The van der Waals surface area contributed by atoms with E-state index in [2.05, 4.69) is 5.32 Å². The van der Waals surface area contributed by atoms with Crippen LogP contribution in [0.1, 0.15) is 33.1 Å². The van der Waals surface area contributed by atoms with E-state index >= 15 is 0 Å². The standard InChI is InChI=1S/C10H21NO3S/c1-8(12)4-5-10(13)11-7-6-9(2)15(3)14/h8-9,12H,4-7H2,1-3H3,(H,11,13). The Hall–Kier alpha value is -0.420. The van der Waals surface area contributed by atoms with Gasteiger partial charge in [0.2, 0.25) is 5.91 Å². The lowest BCUT2D eigenvalue weighted by Gasteiger charge is -2.09. The van der Waals surface area contributed by atoms with Crippen molar-refractivity contribution in [1.29, 1.82) is 0 Å². The molecule has 3 unspecified atom stereocenters. The maximum absolute atomic E-state index is 11.2. The van der Waals surface area contributed by atoms with E-state index in [1.807, 2.05) is 6.92 Å². The third-order valence-electron chi connectivity index (χ3n) is 2.23. The number of aliphatic hydroxyl groups is 1. The summed E-state index contributed by atoms with van der Waals surface area (Å²) in [5.74, 6) is -0.0509. The fourth-order valence-corrected chi connectivity index (χ4v) is 1.46. The van der Waals surface area contributed by atoms with Crippen molar-refractivity contribution in [2.75, 3.05) is 12.8 Å². The Morgan fingerprint density at radius 3 is 2.47 bits per heavy atom. The highest BCUT2D eigenvalue weighted by Gasteiger charge is 2.07. The Labute approximate surface area is 93.9 Å². The number of nitrogens with one attached hydrogen (secondary N) is 1. The molecule has 0 rings (SSSR count). The van der Waals surface area contributed by atoms with Crippen molar-refractivity contribution in [3.8, 4) is 0 Å². The Morgan fingerprint density at radius 2 is 2.00 bits per heavy atom. The summed E-state index contributed by atoms with van der Waals surface area (Å²) in [6.07, 6.45) is 2.80. The number of rotatable bonds is 7. The lowest BCUT2D eigenvalue weighted by atomic mass is 10.2. The van der Waals surface area contributed by atoms with Gasteiger partial charge in [0.1, 0.15) is 0 Å². The summed E-state index contributed by atoms with van der Waals surface area (Å²) in [6.45, 7) is 4.12. The Kier molecular flexibility index (Phi) is 7.60. The normalized spacial score (nSPS) is 16.8. The van der Waals surface area contributed by atoms with E-state index < -0.39 is 16.9 Å².